The number of methoxy groups -OCH3 is 1. The molecule has 1 aliphatic heterocycles. The first-order valence-corrected chi connectivity index (χ1v) is 7.29. The Morgan fingerprint density at radius 3 is 2.48 bits per heavy atom. The lowest BCUT2D eigenvalue weighted by Gasteiger charge is -2.39. The van der Waals surface area contributed by atoms with Gasteiger partial charge < -0.3 is 34.6 Å². The minimum atomic E-state index is -1.49. The Morgan fingerprint density at radius 2 is 1.87 bits per heavy atom. The van der Waals surface area contributed by atoms with E-state index in [2.05, 4.69) is 0 Å². The molecule has 1 heterocycles. The highest BCUT2D eigenvalue weighted by Crippen LogP contribution is 2.32. The predicted molar refractivity (Wildman–Crippen MR) is 82.1 cm³/mol. The van der Waals surface area contributed by atoms with Gasteiger partial charge in [-0.3, -0.25) is 0 Å². The van der Waals surface area contributed by atoms with E-state index in [0.717, 1.165) is 5.56 Å². The van der Waals surface area contributed by atoms with E-state index in [-0.39, 0.29) is 0 Å². The van der Waals surface area contributed by atoms with Gasteiger partial charge in [-0.1, -0.05) is 18.2 Å². The number of aliphatic hydroxyl groups is 4. The van der Waals surface area contributed by atoms with Crippen molar-refractivity contribution in [2.24, 2.45) is 0 Å². The molecule has 0 amide bonds. The first-order valence-electron chi connectivity index (χ1n) is 7.29. The summed E-state index contributed by atoms with van der Waals surface area (Å²) in [6, 6.07) is 5.23. The fourth-order valence-corrected chi connectivity index (χ4v) is 2.37. The van der Waals surface area contributed by atoms with Crippen LogP contribution >= 0.6 is 0 Å². The van der Waals surface area contributed by atoms with E-state index in [1.165, 1.54) is 7.11 Å². The van der Waals surface area contributed by atoms with Gasteiger partial charge in [0.2, 0.25) is 6.29 Å². The maximum Gasteiger partial charge on any atom is 0.229 e. The highest BCUT2D eigenvalue weighted by atomic mass is 16.7. The summed E-state index contributed by atoms with van der Waals surface area (Å²) in [6.07, 6.45) is -2.94. The van der Waals surface area contributed by atoms with Crippen LogP contribution in [0.2, 0.25) is 0 Å². The molecule has 2 rings (SSSR count). The smallest absolute Gasteiger partial charge is 0.229 e. The molecule has 0 spiro atoms. The molecule has 4 N–H and O–H groups in total. The molecule has 1 aliphatic rings. The summed E-state index contributed by atoms with van der Waals surface area (Å²) in [5, 5.41) is 38.8. The number of hydrogen-bond acceptors (Lipinski definition) is 7. The molecule has 0 radical (unpaired) electrons. The van der Waals surface area contributed by atoms with Gasteiger partial charge in [0.15, 0.2) is 11.5 Å². The molecule has 1 aromatic rings. The van der Waals surface area contributed by atoms with Gasteiger partial charge in [-0.2, -0.15) is 0 Å². The minimum absolute atomic E-state index is 0.312. The van der Waals surface area contributed by atoms with Gasteiger partial charge in [0, 0.05) is 0 Å². The molecular weight excluding hydrogens is 304 g/mol. The highest BCUT2D eigenvalue weighted by Gasteiger charge is 2.44. The lowest BCUT2D eigenvalue weighted by molar-refractivity contribution is -0.277. The van der Waals surface area contributed by atoms with Crippen molar-refractivity contribution in [1.29, 1.82) is 0 Å². The zero-order chi connectivity index (χ0) is 17.0. The number of aliphatic hydroxyl groups excluding tert-OH is 4. The van der Waals surface area contributed by atoms with Crippen molar-refractivity contribution in [3.05, 3.63) is 29.8 Å². The van der Waals surface area contributed by atoms with E-state index >= 15 is 0 Å². The molecule has 1 aromatic carbocycles. The molecule has 7 heteroatoms. The van der Waals surface area contributed by atoms with E-state index in [1.54, 1.807) is 12.1 Å². The molecule has 23 heavy (non-hydrogen) atoms. The predicted octanol–water partition coefficient (Wildman–Crippen LogP) is -0.0930. The molecule has 0 aliphatic carbocycles. The minimum Gasteiger partial charge on any atom is -0.493 e. The van der Waals surface area contributed by atoms with Gasteiger partial charge in [-0.05, 0) is 24.6 Å². The molecule has 128 valence electrons. The third-order valence-electron chi connectivity index (χ3n) is 3.64. The van der Waals surface area contributed by atoms with Gasteiger partial charge in [0.1, 0.15) is 24.4 Å². The van der Waals surface area contributed by atoms with E-state index in [0.29, 0.717) is 11.5 Å². The summed E-state index contributed by atoms with van der Waals surface area (Å²) in [4.78, 5) is 0. The van der Waals surface area contributed by atoms with Crippen LogP contribution in [0.5, 0.6) is 11.5 Å². The fourth-order valence-electron chi connectivity index (χ4n) is 2.37. The zero-order valence-electron chi connectivity index (χ0n) is 13.0. The van der Waals surface area contributed by atoms with Gasteiger partial charge in [-0.15, -0.1) is 0 Å². The monoisotopic (exact) mass is 326 g/mol. The zero-order valence-corrected chi connectivity index (χ0v) is 13.0. The molecular formula is C16H22O7. The molecule has 1 fully saturated rings. The van der Waals surface area contributed by atoms with E-state index in [1.807, 2.05) is 25.1 Å². The Balaban J connectivity index is 2.24. The van der Waals surface area contributed by atoms with E-state index in [4.69, 9.17) is 14.2 Å². The summed E-state index contributed by atoms with van der Waals surface area (Å²) in [6.45, 7) is 1.36. The van der Waals surface area contributed by atoms with Crippen molar-refractivity contribution >= 4 is 6.08 Å². The van der Waals surface area contributed by atoms with Crippen LogP contribution in [0.4, 0.5) is 0 Å². The Bertz CT molecular complexity index is 543. The first-order chi connectivity index (χ1) is 11.0. The van der Waals surface area contributed by atoms with Gasteiger partial charge in [0.05, 0.1) is 13.7 Å². The highest BCUT2D eigenvalue weighted by molar-refractivity contribution is 5.55. The van der Waals surface area contributed by atoms with Crippen LogP contribution in [-0.2, 0) is 4.74 Å². The largest absolute Gasteiger partial charge is 0.493 e. The lowest BCUT2D eigenvalue weighted by Crippen LogP contribution is -2.60. The second kappa shape index (κ2) is 7.76. The molecule has 7 nitrogen and oxygen atoms in total. The third-order valence-corrected chi connectivity index (χ3v) is 3.64. The second-order valence-corrected chi connectivity index (χ2v) is 5.23. The maximum atomic E-state index is 10.0. The quantitative estimate of drug-likeness (QED) is 0.599. The summed E-state index contributed by atoms with van der Waals surface area (Å²) in [5.74, 6) is 0.739. The molecule has 0 unspecified atom stereocenters. The van der Waals surface area contributed by atoms with Crippen LogP contribution in [0, 0.1) is 0 Å². The normalized spacial score (nSPS) is 31.3. The van der Waals surface area contributed by atoms with Crippen LogP contribution in [0.3, 0.4) is 0 Å². The Hall–Kier alpha value is -1.64. The van der Waals surface area contributed by atoms with E-state index in [9.17, 15) is 20.4 Å². The average Bonchev–Trinajstić information content (AvgIpc) is 2.56. The van der Waals surface area contributed by atoms with Crippen molar-refractivity contribution < 1.29 is 34.6 Å². The van der Waals surface area contributed by atoms with Crippen LogP contribution < -0.4 is 9.47 Å². The fraction of sp³-hybridized carbons (Fsp3) is 0.500. The standard InChI is InChI=1S/C16H22O7/c1-3-4-9-5-6-10(21-2)11(7-9)22-16-15(20)14(19)13(18)12(8-17)23-16/h3-7,12-20H,8H2,1-2H3/b4-3+/t12-,13-,14+,15-,16-/m1/s1. The van der Waals surface area contributed by atoms with Crippen LogP contribution in [0.25, 0.3) is 6.08 Å². The first kappa shape index (κ1) is 17.7. The number of hydrogen-bond donors (Lipinski definition) is 4. The summed E-state index contributed by atoms with van der Waals surface area (Å²) in [5.41, 5.74) is 0.855. The summed E-state index contributed by atoms with van der Waals surface area (Å²) >= 11 is 0. The van der Waals surface area contributed by atoms with Crippen molar-refractivity contribution in [2.75, 3.05) is 13.7 Å². The number of ether oxygens (including phenoxy) is 3. The van der Waals surface area contributed by atoms with Crippen LogP contribution in [0.15, 0.2) is 24.3 Å². The molecule has 0 saturated carbocycles. The van der Waals surface area contributed by atoms with Gasteiger partial charge >= 0.3 is 0 Å². The van der Waals surface area contributed by atoms with Crippen molar-refractivity contribution in [3.8, 4) is 11.5 Å². The second-order valence-electron chi connectivity index (χ2n) is 5.23. The SMILES string of the molecule is C/C=C/c1ccc(OC)c(O[C@@H]2O[C@H](CO)[C@@H](O)[C@H](O)[C@H]2O)c1. The van der Waals surface area contributed by atoms with Gasteiger partial charge in [-0.25, -0.2) is 0 Å². The van der Waals surface area contributed by atoms with Gasteiger partial charge in [0.25, 0.3) is 0 Å². The maximum absolute atomic E-state index is 10.0. The van der Waals surface area contributed by atoms with Crippen molar-refractivity contribution in [2.45, 2.75) is 37.6 Å². The van der Waals surface area contributed by atoms with Crippen LogP contribution in [-0.4, -0.2) is 64.8 Å². The molecule has 0 aromatic heterocycles. The molecule has 1 saturated heterocycles. The average molecular weight is 326 g/mol. The Morgan fingerprint density at radius 1 is 1.13 bits per heavy atom. The lowest BCUT2D eigenvalue weighted by atomic mass is 9.99. The molecule has 0 bridgehead atoms. The number of benzene rings is 1. The van der Waals surface area contributed by atoms with Crippen molar-refractivity contribution in [3.63, 3.8) is 0 Å². The number of allylic oxidation sites excluding steroid dienone is 1. The summed E-state index contributed by atoms with van der Waals surface area (Å²) in [7, 11) is 1.48. The topological polar surface area (TPSA) is 109 Å². The van der Waals surface area contributed by atoms with Crippen LogP contribution in [0.1, 0.15) is 12.5 Å². The van der Waals surface area contributed by atoms with Crippen molar-refractivity contribution in [1.82, 2.24) is 0 Å². The number of rotatable bonds is 5. The Kier molecular flexibility index (Phi) is 5.97. The molecule has 5 atom stereocenters. The Labute approximate surface area is 134 Å². The summed E-state index contributed by atoms with van der Waals surface area (Å²) < 4.78 is 16.2. The van der Waals surface area contributed by atoms with E-state index < -0.39 is 37.3 Å². The third kappa shape index (κ3) is 3.82.